The van der Waals surface area contributed by atoms with E-state index in [1.54, 1.807) is 44.6 Å². The first-order valence-electron chi connectivity index (χ1n) is 19.2. The molecule has 0 amide bonds. The van der Waals surface area contributed by atoms with E-state index in [0.29, 0.717) is 72.8 Å². The first-order valence-corrected chi connectivity index (χ1v) is 19.2. The van der Waals surface area contributed by atoms with Gasteiger partial charge in [-0.15, -0.1) is 0 Å². The Bertz CT molecular complexity index is 1900. The van der Waals surface area contributed by atoms with E-state index in [1.807, 2.05) is 36.4 Å². The monoisotopic (exact) mass is 740 g/mol. The van der Waals surface area contributed by atoms with Gasteiger partial charge in [0, 0.05) is 55.3 Å². The van der Waals surface area contributed by atoms with Gasteiger partial charge in [0.2, 0.25) is 0 Å². The predicted molar refractivity (Wildman–Crippen MR) is 204 cm³/mol. The van der Waals surface area contributed by atoms with Crippen LogP contribution in [0.2, 0.25) is 0 Å². The Labute approximate surface area is 316 Å². The van der Waals surface area contributed by atoms with Crippen LogP contribution in [0.5, 0.6) is 34.5 Å². The first-order chi connectivity index (χ1) is 26.3. The van der Waals surface area contributed by atoms with Gasteiger partial charge in [-0.05, 0) is 122 Å². The Hall–Kier alpha value is -4.48. The fraction of sp³-hybridized carbons (Fsp3) is 0.455. The maximum Gasteiger partial charge on any atom is 0.128 e. The molecular formula is C44H52O10. The molecule has 54 heavy (non-hydrogen) atoms. The van der Waals surface area contributed by atoms with Crippen LogP contribution >= 0.6 is 0 Å². The van der Waals surface area contributed by atoms with Crippen LogP contribution < -0.4 is 18.9 Å². The summed E-state index contributed by atoms with van der Waals surface area (Å²) < 4.78 is 31.0. The highest BCUT2D eigenvalue weighted by Crippen LogP contribution is 2.52. The third kappa shape index (κ3) is 7.98. The maximum atomic E-state index is 12.4. The number of methoxy groups -OCH3 is 2. The van der Waals surface area contributed by atoms with E-state index in [4.69, 9.17) is 23.7 Å². The fourth-order valence-corrected chi connectivity index (χ4v) is 8.63. The SMILES string of the molecule is COCCC[C@@H]1Oc2cc(CCCO)c(OC)cc2[C@H](O)[C@@H]1[C@H]1COc2c(Cc3cc(O)ccc3-c3cccc(O)c3)cc(OC3CCCC3)cc2[C@H]1O. The molecule has 4 aromatic carbocycles. The summed E-state index contributed by atoms with van der Waals surface area (Å²) in [7, 11) is 3.25. The summed E-state index contributed by atoms with van der Waals surface area (Å²) in [6.45, 7) is 0.710. The standard InChI is InChI=1S/C44H52O10/c1-50-17-7-13-38-41(43(49)35-24-39(51-2)27(9-6-16-45)22-40(35)54-38)37-25-52-44-29(21-33(23-36(44)42(37)48)53-32-11-3-4-12-32)18-28-20-31(47)14-15-34(28)26-8-5-10-30(46)19-26/h5,8,10,14-15,19-24,32,37-38,41-43,45-49H,3-4,6-7,9,11-13,16-18,25H2,1-2H3/t37-,38+,41-,42-,43+/m1/s1. The van der Waals surface area contributed by atoms with Crippen LogP contribution in [-0.4, -0.2) is 71.8 Å². The van der Waals surface area contributed by atoms with Crippen molar-refractivity contribution < 1.29 is 49.2 Å². The van der Waals surface area contributed by atoms with Crippen LogP contribution in [0.1, 0.15) is 85.0 Å². The molecule has 5 atom stereocenters. The third-order valence-corrected chi connectivity index (χ3v) is 11.3. The molecule has 0 radical (unpaired) electrons. The number of rotatable bonds is 14. The zero-order valence-electron chi connectivity index (χ0n) is 31.1. The number of aliphatic hydroxyl groups excluding tert-OH is 3. The lowest BCUT2D eigenvalue weighted by Crippen LogP contribution is -2.46. The highest BCUT2D eigenvalue weighted by Gasteiger charge is 2.48. The summed E-state index contributed by atoms with van der Waals surface area (Å²) in [6, 6.07) is 19.8. The summed E-state index contributed by atoms with van der Waals surface area (Å²) in [4.78, 5) is 0. The molecule has 10 heteroatoms. The van der Waals surface area contributed by atoms with Gasteiger partial charge in [0.25, 0.3) is 0 Å². The Morgan fingerprint density at radius 2 is 1.63 bits per heavy atom. The van der Waals surface area contributed by atoms with Gasteiger partial charge in [0.15, 0.2) is 0 Å². The molecule has 5 N–H and O–H groups in total. The second-order valence-electron chi connectivity index (χ2n) is 14.9. The molecule has 2 aliphatic heterocycles. The minimum absolute atomic E-state index is 0.0498. The average molecular weight is 741 g/mol. The largest absolute Gasteiger partial charge is 0.508 e. The number of aromatic hydroxyl groups is 2. The van der Waals surface area contributed by atoms with E-state index < -0.39 is 30.1 Å². The third-order valence-electron chi connectivity index (χ3n) is 11.3. The van der Waals surface area contributed by atoms with Gasteiger partial charge in [0.1, 0.15) is 40.6 Å². The van der Waals surface area contributed by atoms with Crippen molar-refractivity contribution in [2.75, 3.05) is 34.0 Å². The number of benzene rings is 4. The summed E-state index contributed by atoms with van der Waals surface area (Å²) in [5.74, 6) is 1.58. The first kappa shape index (κ1) is 37.8. The van der Waals surface area contributed by atoms with Crippen molar-refractivity contribution in [2.45, 2.75) is 82.2 Å². The molecule has 4 aromatic rings. The summed E-state index contributed by atoms with van der Waals surface area (Å²) in [6.07, 6.45) is 4.57. The quantitative estimate of drug-likeness (QED) is 0.0842. The molecule has 0 bridgehead atoms. The predicted octanol–water partition coefficient (Wildman–Crippen LogP) is 7.19. The molecule has 1 aliphatic carbocycles. The Balaban J connectivity index is 1.27. The lowest BCUT2D eigenvalue weighted by Gasteiger charge is -2.45. The van der Waals surface area contributed by atoms with E-state index >= 15 is 0 Å². The second-order valence-corrected chi connectivity index (χ2v) is 14.9. The lowest BCUT2D eigenvalue weighted by atomic mass is 9.72. The molecular weight excluding hydrogens is 688 g/mol. The molecule has 288 valence electrons. The number of hydrogen-bond acceptors (Lipinski definition) is 10. The van der Waals surface area contributed by atoms with Gasteiger partial charge in [-0.25, -0.2) is 0 Å². The number of fused-ring (bicyclic) bond motifs is 2. The topological polar surface area (TPSA) is 147 Å². The smallest absolute Gasteiger partial charge is 0.128 e. The Kier molecular flexibility index (Phi) is 11.8. The second kappa shape index (κ2) is 16.9. The average Bonchev–Trinajstić information content (AvgIpc) is 3.68. The molecule has 7 rings (SSSR count). The maximum absolute atomic E-state index is 12.4. The van der Waals surface area contributed by atoms with E-state index in [9.17, 15) is 25.5 Å². The van der Waals surface area contributed by atoms with Gasteiger partial charge < -0.3 is 49.2 Å². The summed E-state index contributed by atoms with van der Waals surface area (Å²) in [5, 5.41) is 54.9. The van der Waals surface area contributed by atoms with Crippen molar-refractivity contribution in [3.63, 3.8) is 0 Å². The molecule has 10 nitrogen and oxygen atoms in total. The van der Waals surface area contributed by atoms with Gasteiger partial charge in [0.05, 0.1) is 32.0 Å². The number of phenols is 2. The van der Waals surface area contributed by atoms with Crippen molar-refractivity contribution in [3.8, 4) is 45.6 Å². The Morgan fingerprint density at radius 3 is 2.39 bits per heavy atom. The van der Waals surface area contributed by atoms with E-state index in [2.05, 4.69) is 0 Å². The van der Waals surface area contributed by atoms with Crippen LogP contribution in [0.3, 0.4) is 0 Å². The number of ether oxygens (including phenoxy) is 5. The van der Waals surface area contributed by atoms with Crippen molar-refractivity contribution in [2.24, 2.45) is 11.8 Å². The van der Waals surface area contributed by atoms with Crippen LogP contribution in [0.4, 0.5) is 0 Å². The van der Waals surface area contributed by atoms with Crippen molar-refractivity contribution in [1.29, 1.82) is 0 Å². The van der Waals surface area contributed by atoms with Gasteiger partial charge in [-0.2, -0.15) is 0 Å². The highest BCUT2D eigenvalue weighted by molar-refractivity contribution is 5.70. The molecule has 0 aromatic heterocycles. The lowest BCUT2D eigenvalue weighted by molar-refractivity contribution is -0.0890. The molecule has 0 unspecified atom stereocenters. The molecule has 3 aliphatic rings. The van der Waals surface area contributed by atoms with Crippen LogP contribution in [0.25, 0.3) is 11.1 Å². The van der Waals surface area contributed by atoms with Gasteiger partial charge >= 0.3 is 0 Å². The highest BCUT2D eigenvalue weighted by atomic mass is 16.5. The van der Waals surface area contributed by atoms with Crippen molar-refractivity contribution in [1.82, 2.24) is 0 Å². The summed E-state index contributed by atoms with van der Waals surface area (Å²) in [5.41, 5.74) is 5.34. The van der Waals surface area contributed by atoms with E-state index in [0.717, 1.165) is 53.5 Å². The van der Waals surface area contributed by atoms with Gasteiger partial charge in [-0.1, -0.05) is 18.2 Å². The van der Waals surface area contributed by atoms with Crippen LogP contribution in [-0.2, 0) is 17.6 Å². The summed E-state index contributed by atoms with van der Waals surface area (Å²) >= 11 is 0. The zero-order chi connectivity index (χ0) is 37.8. The minimum atomic E-state index is -1.02. The molecule has 2 heterocycles. The van der Waals surface area contributed by atoms with Gasteiger partial charge in [-0.3, -0.25) is 0 Å². The van der Waals surface area contributed by atoms with Crippen molar-refractivity contribution >= 4 is 0 Å². The normalized spacial score (nSPS) is 22.2. The molecule has 0 spiro atoms. The van der Waals surface area contributed by atoms with Crippen LogP contribution in [0.15, 0.2) is 66.7 Å². The zero-order valence-corrected chi connectivity index (χ0v) is 31.1. The molecule has 1 saturated carbocycles. The van der Waals surface area contributed by atoms with Crippen LogP contribution in [0, 0.1) is 11.8 Å². The minimum Gasteiger partial charge on any atom is -0.508 e. The van der Waals surface area contributed by atoms with Crippen molar-refractivity contribution in [3.05, 3.63) is 94.5 Å². The fourth-order valence-electron chi connectivity index (χ4n) is 8.63. The Morgan fingerprint density at radius 1 is 0.815 bits per heavy atom. The molecule has 0 saturated heterocycles. The number of hydrogen-bond donors (Lipinski definition) is 5. The number of phenolic OH excluding ortho intramolecular Hbond substituents is 2. The van der Waals surface area contributed by atoms with E-state index in [-0.39, 0.29) is 30.8 Å². The van der Waals surface area contributed by atoms with E-state index in [1.165, 1.54) is 0 Å². The molecule has 1 fully saturated rings. The number of aliphatic hydroxyl groups is 3. The number of aryl methyl sites for hydroxylation is 1.